The minimum Gasteiger partial charge on any atom is -0.260 e. The molecule has 0 amide bonds. The lowest BCUT2D eigenvalue weighted by Crippen LogP contribution is -2.06. The van der Waals surface area contributed by atoms with E-state index in [1.54, 1.807) is 12.1 Å². The molecule has 0 aliphatic rings. The molecule has 4 nitrogen and oxygen atoms in total. The van der Waals surface area contributed by atoms with Gasteiger partial charge in [0.15, 0.2) is 0 Å². The molecule has 0 radical (unpaired) electrons. The number of aromatic amines is 1. The molecule has 1 aromatic carbocycles. The SMILES string of the molecule is N#Cc1ccc(Pc2ncn[nH]2)cc1. The standard InChI is InChI=1S/C9H7N4P/c10-5-7-1-3-8(4-2-7)14-9-11-6-12-13-9/h1-4,6,14H,(H,11,12,13). The molecule has 2 aromatic rings. The molecular weight excluding hydrogens is 195 g/mol. The monoisotopic (exact) mass is 202 g/mol. The summed E-state index contributed by atoms with van der Waals surface area (Å²) < 4.78 is 0. The highest BCUT2D eigenvalue weighted by Gasteiger charge is 1.98. The van der Waals surface area contributed by atoms with E-state index in [1.165, 1.54) is 6.33 Å². The number of nitrogens with one attached hydrogen (secondary N) is 1. The van der Waals surface area contributed by atoms with Gasteiger partial charge in [0, 0.05) is 0 Å². The molecule has 0 aliphatic heterocycles. The van der Waals surface area contributed by atoms with Crippen molar-refractivity contribution in [3.63, 3.8) is 0 Å². The second-order valence-corrected chi connectivity index (χ2v) is 3.95. The highest BCUT2D eigenvalue weighted by Crippen LogP contribution is 2.07. The Morgan fingerprint density at radius 1 is 1.29 bits per heavy atom. The highest BCUT2D eigenvalue weighted by molar-refractivity contribution is 7.54. The Hall–Kier alpha value is -1.72. The number of hydrogen-bond donors (Lipinski definition) is 1. The van der Waals surface area contributed by atoms with E-state index >= 15 is 0 Å². The summed E-state index contributed by atoms with van der Waals surface area (Å²) in [5.41, 5.74) is 1.53. The molecule has 0 bridgehead atoms. The van der Waals surface area contributed by atoms with Crippen molar-refractivity contribution >= 4 is 19.5 Å². The highest BCUT2D eigenvalue weighted by atomic mass is 31.1. The number of H-pyrrole nitrogens is 1. The Morgan fingerprint density at radius 2 is 2.07 bits per heavy atom. The molecule has 1 unspecified atom stereocenters. The molecule has 2 rings (SSSR count). The van der Waals surface area contributed by atoms with Crippen LogP contribution in [0.5, 0.6) is 0 Å². The molecule has 1 aromatic heterocycles. The van der Waals surface area contributed by atoms with Crippen LogP contribution in [0.4, 0.5) is 0 Å². The van der Waals surface area contributed by atoms with E-state index in [-0.39, 0.29) is 0 Å². The third kappa shape index (κ3) is 1.95. The number of aromatic nitrogens is 3. The molecule has 0 aliphatic carbocycles. The van der Waals surface area contributed by atoms with E-state index in [0.717, 1.165) is 10.9 Å². The quantitative estimate of drug-likeness (QED) is 0.712. The zero-order chi connectivity index (χ0) is 9.80. The molecule has 0 saturated carbocycles. The van der Waals surface area contributed by atoms with Crippen LogP contribution in [0.1, 0.15) is 5.56 Å². The van der Waals surface area contributed by atoms with Crippen LogP contribution in [-0.2, 0) is 0 Å². The van der Waals surface area contributed by atoms with Crippen LogP contribution in [0.25, 0.3) is 0 Å². The van der Waals surface area contributed by atoms with Crippen molar-refractivity contribution < 1.29 is 0 Å². The lowest BCUT2D eigenvalue weighted by molar-refractivity contribution is 1.11. The summed E-state index contributed by atoms with van der Waals surface area (Å²) in [6.07, 6.45) is 1.49. The Balaban J connectivity index is 2.15. The van der Waals surface area contributed by atoms with Crippen molar-refractivity contribution in [1.82, 2.24) is 15.2 Å². The maximum atomic E-state index is 8.61. The van der Waals surface area contributed by atoms with Gasteiger partial charge in [0.2, 0.25) is 0 Å². The topological polar surface area (TPSA) is 65.4 Å². The molecule has 0 spiro atoms. The zero-order valence-corrected chi connectivity index (χ0v) is 8.23. The van der Waals surface area contributed by atoms with Crippen LogP contribution >= 0.6 is 8.58 Å². The Bertz CT molecular complexity index is 441. The molecular formula is C9H7N4P. The normalized spacial score (nSPS) is 10.5. The maximum absolute atomic E-state index is 8.61. The summed E-state index contributed by atoms with van der Waals surface area (Å²) in [5, 5.41) is 16.3. The molecule has 0 fully saturated rings. The van der Waals surface area contributed by atoms with Crippen LogP contribution in [0, 0.1) is 11.3 Å². The van der Waals surface area contributed by atoms with Crippen LogP contribution in [0.3, 0.4) is 0 Å². The van der Waals surface area contributed by atoms with Crippen LogP contribution in [-0.4, -0.2) is 15.2 Å². The number of hydrogen-bond acceptors (Lipinski definition) is 3. The van der Waals surface area contributed by atoms with Gasteiger partial charge in [-0.1, -0.05) is 12.1 Å². The molecule has 0 saturated heterocycles. The van der Waals surface area contributed by atoms with E-state index in [4.69, 9.17) is 5.26 Å². The van der Waals surface area contributed by atoms with Gasteiger partial charge in [-0.2, -0.15) is 10.4 Å². The predicted molar refractivity (Wildman–Crippen MR) is 55.1 cm³/mol. The minimum atomic E-state index is 0.460. The van der Waals surface area contributed by atoms with Crippen molar-refractivity contribution in [1.29, 1.82) is 5.26 Å². The lowest BCUT2D eigenvalue weighted by atomic mass is 10.2. The van der Waals surface area contributed by atoms with E-state index in [1.807, 2.05) is 12.1 Å². The lowest BCUT2D eigenvalue weighted by Gasteiger charge is -1.96. The molecule has 1 heterocycles. The van der Waals surface area contributed by atoms with Gasteiger partial charge in [0.1, 0.15) is 11.9 Å². The Kier molecular flexibility index (Phi) is 2.53. The van der Waals surface area contributed by atoms with Crippen LogP contribution in [0.2, 0.25) is 0 Å². The summed E-state index contributed by atoms with van der Waals surface area (Å²) in [4.78, 5) is 4.03. The number of benzene rings is 1. The fourth-order valence-corrected chi connectivity index (χ4v) is 1.88. The fraction of sp³-hybridized carbons (Fsp3) is 0. The maximum Gasteiger partial charge on any atom is 0.148 e. The van der Waals surface area contributed by atoms with Crippen molar-refractivity contribution in [2.75, 3.05) is 0 Å². The van der Waals surface area contributed by atoms with Gasteiger partial charge in [0.25, 0.3) is 0 Å². The summed E-state index contributed by atoms with van der Waals surface area (Å²) in [6, 6.07) is 9.55. The fourth-order valence-electron chi connectivity index (χ4n) is 1.03. The van der Waals surface area contributed by atoms with Gasteiger partial charge in [-0.05, 0) is 26.0 Å². The number of rotatable bonds is 2. The average molecular weight is 202 g/mol. The minimum absolute atomic E-state index is 0.460. The molecule has 1 N–H and O–H groups in total. The third-order valence-electron chi connectivity index (χ3n) is 1.69. The molecule has 5 heteroatoms. The largest absolute Gasteiger partial charge is 0.260 e. The van der Waals surface area contributed by atoms with Crippen molar-refractivity contribution in [3.05, 3.63) is 36.2 Å². The molecule has 1 atom stereocenters. The van der Waals surface area contributed by atoms with Gasteiger partial charge in [-0.25, -0.2) is 4.98 Å². The molecule has 68 valence electrons. The smallest absolute Gasteiger partial charge is 0.148 e. The third-order valence-corrected chi connectivity index (χ3v) is 2.79. The summed E-state index contributed by atoms with van der Waals surface area (Å²) in [6.45, 7) is 0. The van der Waals surface area contributed by atoms with Gasteiger partial charge >= 0.3 is 0 Å². The average Bonchev–Trinajstić information content (AvgIpc) is 2.72. The zero-order valence-electron chi connectivity index (χ0n) is 7.23. The molecule has 14 heavy (non-hydrogen) atoms. The van der Waals surface area contributed by atoms with Gasteiger partial charge in [-0.3, -0.25) is 5.10 Å². The van der Waals surface area contributed by atoms with Crippen molar-refractivity contribution in [3.8, 4) is 6.07 Å². The first-order valence-corrected chi connectivity index (χ1v) is 5.01. The second-order valence-electron chi connectivity index (χ2n) is 2.65. The first-order chi connectivity index (χ1) is 6.88. The second kappa shape index (κ2) is 3.99. The van der Waals surface area contributed by atoms with Crippen molar-refractivity contribution in [2.45, 2.75) is 0 Å². The Labute approximate surface area is 82.8 Å². The Morgan fingerprint density at radius 3 is 2.64 bits per heavy atom. The van der Waals surface area contributed by atoms with Gasteiger partial charge in [-0.15, -0.1) is 0 Å². The van der Waals surface area contributed by atoms with E-state index < -0.39 is 0 Å². The summed E-state index contributed by atoms with van der Waals surface area (Å²) in [5.74, 6) is 0. The van der Waals surface area contributed by atoms with E-state index in [2.05, 4.69) is 21.3 Å². The summed E-state index contributed by atoms with van der Waals surface area (Å²) in [7, 11) is 0.460. The number of nitrogens with zero attached hydrogens (tertiary/aromatic N) is 3. The van der Waals surface area contributed by atoms with Crippen LogP contribution in [0.15, 0.2) is 30.6 Å². The van der Waals surface area contributed by atoms with Crippen LogP contribution < -0.4 is 10.9 Å². The number of nitriles is 1. The van der Waals surface area contributed by atoms with E-state index in [0.29, 0.717) is 14.1 Å². The van der Waals surface area contributed by atoms with Crippen molar-refractivity contribution in [2.24, 2.45) is 0 Å². The van der Waals surface area contributed by atoms with Gasteiger partial charge in [0.05, 0.1) is 11.6 Å². The first kappa shape index (κ1) is 8.86. The predicted octanol–water partition coefficient (Wildman–Crippen LogP) is 0.306. The van der Waals surface area contributed by atoms with E-state index in [9.17, 15) is 0 Å². The first-order valence-electron chi connectivity index (χ1n) is 4.01. The van der Waals surface area contributed by atoms with Gasteiger partial charge < -0.3 is 0 Å². The summed E-state index contributed by atoms with van der Waals surface area (Å²) >= 11 is 0.